The quantitative estimate of drug-likeness (QED) is 0.564. The van der Waals surface area contributed by atoms with E-state index >= 15 is 0 Å². The van der Waals surface area contributed by atoms with Crippen molar-refractivity contribution in [2.45, 2.75) is 46.3 Å². The van der Waals surface area contributed by atoms with Crippen molar-refractivity contribution in [3.63, 3.8) is 0 Å². The van der Waals surface area contributed by atoms with Gasteiger partial charge in [0.15, 0.2) is 5.82 Å². The van der Waals surface area contributed by atoms with Gasteiger partial charge in [0.2, 0.25) is 0 Å². The molecule has 9 heteroatoms. The molecule has 0 saturated carbocycles. The van der Waals surface area contributed by atoms with Crippen LogP contribution in [0.5, 0.6) is 0 Å². The van der Waals surface area contributed by atoms with Gasteiger partial charge in [-0.1, -0.05) is 30.1 Å². The zero-order chi connectivity index (χ0) is 23.9. The lowest BCUT2D eigenvalue weighted by Crippen LogP contribution is -2.48. The predicted octanol–water partition coefficient (Wildman–Crippen LogP) is 3.63. The first kappa shape index (κ1) is 24.5. The van der Waals surface area contributed by atoms with Gasteiger partial charge < -0.3 is 25.7 Å². The summed E-state index contributed by atoms with van der Waals surface area (Å²) in [4.78, 5) is 13.9. The standard InChI is InChI=1S/C24H33Cl2N5O2/c1-14-22(17-4-5-19(21(26)20(17)25)31-10-16(11-31)12-32)29-18(13-33)23(28-14)30-8-6-24(3,7-9-30)15(2)27/h4-5,15-16,32-33H,6-13,27H2,1-3H3. The highest BCUT2D eigenvalue weighted by Crippen LogP contribution is 2.42. The number of benzene rings is 1. The van der Waals surface area contributed by atoms with Crippen molar-refractivity contribution in [3.05, 3.63) is 33.6 Å². The summed E-state index contributed by atoms with van der Waals surface area (Å²) in [6.45, 7) is 9.33. The number of halogens is 2. The Morgan fingerprint density at radius 1 is 1.12 bits per heavy atom. The Labute approximate surface area is 205 Å². The van der Waals surface area contributed by atoms with Gasteiger partial charge >= 0.3 is 0 Å². The number of aliphatic hydroxyl groups excluding tert-OH is 2. The smallest absolute Gasteiger partial charge is 0.153 e. The van der Waals surface area contributed by atoms with Gasteiger partial charge in [-0.2, -0.15) is 0 Å². The molecule has 0 amide bonds. The molecule has 0 aliphatic carbocycles. The second-order valence-corrected chi connectivity index (χ2v) is 10.5. The topological polar surface area (TPSA) is 98.7 Å². The fourth-order valence-electron chi connectivity index (χ4n) is 4.69. The molecule has 180 valence electrons. The lowest BCUT2D eigenvalue weighted by molar-refractivity contribution is 0.201. The highest BCUT2D eigenvalue weighted by molar-refractivity contribution is 6.45. The number of nitrogens with two attached hydrogens (primary N) is 1. The van der Waals surface area contributed by atoms with E-state index in [1.165, 1.54) is 0 Å². The molecule has 1 unspecified atom stereocenters. The second-order valence-electron chi connectivity index (χ2n) is 9.73. The van der Waals surface area contributed by atoms with Crippen molar-refractivity contribution >= 4 is 34.7 Å². The fraction of sp³-hybridized carbons (Fsp3) is 0.583. The molecule has 4 N–H and O–H groups in total. The molecule has 2 aliphatic rings. The van der Waals surface area contributed by atoms with Crippen LogP contribution in [-0.2, 0) is 6.61 Å². The van der Waals surface area contributed by atoms with Gasteiger partial charge in [0.1, 0.15) is 5.69 Å². The van der Waals surface area contributed by atoms with Gasteiger partial charge in [-0.25, -0.2) is 9.97 Å². The van der Waals surface area contributed by atoms with Crippen LogP contribution >= 0.6 is 23.2 Å². The second kappa shape index (κ2) is 9.55. The number of anilines is 2. The molecule has 0 spiro atoms. The maximum Gasteiger partial charge on any atom is 0.153 e. The van der Waals surface area contributed by atoms with Crippen LogP contribution in [0.4, 0.5) is 11.5 Å². The van der Waals surface area contributed by atoms with Crippen molar-refractivity contribution in [1.82, 2.24) is 9.97 Å². The lowest BCUT2D eigenvalue weighted by atomic mass is 9.75. The van der Waals surface area contributed by atoms with Gasteiger partial charge in [0, 0.05) is 50.3 Å². The Morgan fingerprint density at radius 3 is 2.36 bits per heavy atom. The first-order valence-electron chi connectivity index (χ1n) is 11.5. The average molecular weight is 494 g/mol. The Hall–Kier alpha value is -1.64. The first-order chi connectivity index (χ1) is 15.7. The number of aromatic nitrogens is 2. The minimum atomic E-state index is -0.212. The molecule has 0 radical (unpaired) electrons. The summed E-state index contributed by atoms with van der Waals surface area (Å²) < 4.78 is 0. The van der Waals surface area contributed by atoms with Gasteiger partial charge in [-0.05, 0) is 44.2 Å². The Morgan fingerprint density at radius 2 is 1.79 bits per heavy atom. The molecule has 0 bridgehead atoms. The minimum absolute atomic E-state index is 0.109. The molecule has 2 aliphatic heterocycles. The highest BCUT2D eigenvalue weighted by Gasteiger charge is 2.35. The monoisotopic (exact) mass is 493 g/mol. The number of piperidine rings is 1. The minimum Gasteiger partial charge on any atom is -0.396 e. The van der Waals surface area contributed by atoms with Crippen LogP contribution in [-0.4, -0.2) is 59.0 Å². The van der Waals surface area contributed by atoms with Crippen LogP contribution in [0.1, 0.15) is 38.1 Å². The molecule has 33 heavy (non-hydrogen) atoms. The number of rotatable bonds is 6. The van der Waals surface area contributed by atoms with E-state index in [4.69, 9.17) is 38.9 Å². The van der Waals surface area contributed by atoms with E-state index in [1.54, 1.807) is 0 Å². The third-order valence-electron chi connectivity index (χ3n) is 7.45. The average Bonchev–Trinajstić information content (AvgIpc) is 2.76. The summed E-state index contributed by atoms with van der Waals surface area (Å²) in [6, 6.07) is 3.97. The highest BCUT2D eigenvalue weighted by atomic mass is 35.5. The van der Waals surface area contributed by atoms with Crippen LogP contribution in [0.2, 0.25) is 10.0 Å². The van der Waals surface area contributed by atoms with Gasteiger partial charge in [-0.3, -0.25) is 0 Å². The van der Waals surface area contributed by atoms with E-state index in [0.717, 1.165) is 56.2 Å². The Kier molecular flexibility index (Phi) is 7.08. The molecule has 3 heterocycles. The largest absolute Gasteiger partial charge is 0.396 e. The summed E-state index contributed by atoms with van der Waals surface area (Å²) in [5, 5.41) is 20.3. The molecule has 1 aromatic heterocycles. The van der Waals surface area contributed by atoms with E-state index in [2.05, 4.69) is 23.6 Å². The van der Waals surface area contributed by atoms with E-state index < -0.39 is 0 Å². The normalized spacial score (nSPS) is 19.5. The Balaban J connectivity index is 1.62. The van der Waals surface area contributed by atoms with E-state index in [1.807, 2.05) is 19.1 Å². The third-order valence-corrected chi connectivity index (χ3v) is 8.32. The van der Waals surface area contributed by atoms with E-state index in [9.17, 15) is 10.2 Å². The maximum absolute atomic E-state index is 10.1. The number of hydrogen-bond donors (Lipinski definition) is 3. The molecule has 2 aromatic rings. The zero-order valence-electron chi connectivity index (χ0n) is 19.5. The van der Waals surface area contributed by atoms with Gasteiger partial charge in [0.25, 0.3) is 0 Å². The molecule has 1 aromatic carbocycles. The summed E-state index contributed by atoms with van der Waals surface area (Å²) in [5.74, 6) is 0.993. The van der Waals surface area contributed by atoms with Gasteiger partial charge in [0.05, 0.1) is 33.7 Å². The molecule has 7 nitrogen and oxygen atoms in total. The third kappa shape index (κ3) is 4.54. The number of hydrogen-bond acceptors (Lipinski definition) is 7. The van der Waals surface area contributed by atoms with Gasteiger partial charge in [-0.15, -0.1) is 0 Å². The lowest BCUT2D eigenvalue weighted by Gasteiger charge is -2.42. The summed E-state index contributed by atoms with van der Waals surface area (Å²) in [6.07, 6.45) is 1.93. The molecule has 1 atom stereocenters. The number of aryl methyl sites for hydroxylation is 1. The molecular formula is C24H33Cl2N5O2. The van der Waals surface area contributed by atoms with Crippen molar-refractivity contribution < 1.29 is 10.2 Å². The summed E-state index contributed by atoms with van der Waals surface area (Å²) in [5.41, 5.74) is 9.75. The van der Waals surface area contributed by atoms with Crippen molar-refractivity contribution in [1.29, 1.82) is 0 Å². The van der Waals surface area contributed by atoms with Crippen LogP contribution in [0.15, 0.2) is 12.1 Å². The summed E-state index contributed by atoms with van der Waals surface area (Å²) in [7, 11) is 0. The fourth-order valence-corrected chi connectivity index (χ4v) is 5.22. The van der Waals surface area contributed by atoms with E-state index in [0.29, 0.717) is 27.0 Å². The van der Waals surface area contributed by atoms with Crippen LogP contribution in [0.25, 0.3) is 11.3 Å². The zero-order valence-corrected chi connectivity index (χ0v) is 21.0. The number of nitrogens with zero attached hydrogens (tertiary/aromatic N) is 4. The SMILES string of the molecule is Cc1nc(N2CCC(C)(C(C)N)CC2)c(CO)nc1-c1ccc(N2CC(CO)C2)c(Cl)c1Cl. The maximum atomic E-state index is 10.1. The molecular weight excluding hydrogens is 461 g/mol. The van der Waals surface area contributed by atoms with Crippen molar-refractivity contribution in [3.8, 4) is 11.3 Å². The van der Waals surface area contributed by atoms with Crippen LogP contribution in [0.3, 0.4) is 0 Å². The molecule has 2 fully saturated rings. The van der Waals surface area contributed by atoms with Crippen LogP contribution < -0.4 is 15.5 Å². The molecule has 4 rings (SSSR count). The predicted molar refractivity (Wildman–Crippen MR) is 134 cm³/mol. The Bertz CT molecular complexity index is 1020. The van der Waals surface area contributed by atoms with Crippen LogP contribution in [0, 0.1) is 18.3 Å². The van der Waals surface area contributed by atoms with Crippen molar-refractivity contribution in [2.24, 2.45) is 17.1 Å². The summed E-state index contributed by atoms with van der Waals surface area (Å²) >= 11 is 13.3. The van der Waals surface area contributed by atoms with E-state index in [-0.39, 0.29) is 30.6 Å². The molecule has 2 saturated heterocycles. The number of aliphatic hydroxyl groups is 2. The van der Waals surface area contributed by atoms with Crippen molar-refractivity contribution in [2.75, 3.05) is 42.6 Å². The first-order valence-corrected chi connectivity index (χ1v) is 12.3.